The number of aliphatic hydroxyl groups is 1. The molecule has 0 saturated carbocycles. The zero-order valence-electron chi connectivity index (χ0n) is 10.0. The highest BCUT2D eigenvalue weighted by atomic mass is 35.5. The van der Waals surface area contributed by atoms with Gasteiger partial charge in [0.2, 0.25) is 10.0 Å². The minimum Gasteiger partial charge on any atom is -0.382 e. The lowest BCUT2D eigenvalue weighted by atomic mass is 10.3. The Morgan fingerprint density at radius 3 is 2.40 bits per heavy atom. The molecule has 114 valence electrons. The van der Waals surface area contributed by atoms with Crippen LogP contribution in [0, 0.1) is 0 Å². The molecule has 0 saturated heterocycles. The number of hydrogen-bond acceptors (Lipinski definition) is 3. The summed E-state index contributed by atoms with van der Waals surface area (Å²) in [4.78, 5) is -0.427. The van der Waals surface area contributed by atoms with E-state index in [4.69, 9.17) is 28.3 Å². The Kier molecular flexibility index (Phi) is 5.31. The summed E-state index contributed by atoms with van der Waals surface area (Å²) in [6.07, 6.45) is -7.71. The molecule has 1 atom stereocenters. The van der Waals surface area contributed by atoms with Crippen molar-refractivity contribution in [2.24, 2.45) is 0 Å². The Bertz CT molecular complexity index is 592. The first-order valence-corrected chi connectivity index (χ1v) is 7.32. The summed E-state index contributed by atoms with van der Waals surface area (Å²) >= 11 is 11.3. The van der Waals surface area contributed by atoms with Crippen molar-refractivity contribution in [3.05, 3.63) is 28.2 Å². The molecule has 0 aliphatic carbocycles. The Balaban J connectivity index is 3.08. The van der Waals surface area contributed by atoms with Gasteiger partial charge in [-0.15, -0.1) is 0 Å². The van der Waals surface area contributed by atoms with Crippen molar-refractivity contribution in [2.45, 2.75) is 17.2 Å². The zero-order chi connectivity index (χ0) is 15.7. The van der Waals surface area contributed by atoms with Crippen LogP contribution >= 0.6 is 23.2 Å². The number of hydrogen-bond donors (Lipinski definition) is 1. The number of aliphatic hydroxyl groups excluding tert-OH is 1. The molecule has 0 radical (unpaired) electrons. The molecule has 0 unspecified atom stereocenters. The molecule has 1 N–H and O–H groups in total. The van der Waals surface area contributed by atoms with Crippen molar-refractivity contribution in [2.75, 3.05) is 13.6 Å². The van der Waals surface area contributed by atoms with Crippen LogP contribution in [0.1, 0.15) is 0 Å². The quantitative estimate of drug-likeness (QED) is 0.906. The highest BCUT2D eigenvalue weighted by Crippen LogP contribution is 2.28. The average molecular weight is 352 g/mol. The molecule has 20 heavy (non-hydrogen) atoms. The van der Waals surface area contributed by atoms with E-state index in [0.717, 1.165) is 13.1 Å². The van der Waals surface area contributed by atoms with E-state index in [1.807, 2.05) is 0 Å². The Morgan fingerprint density at radius 1 is 1.35 bits per heavy atom. The van der Waals surface area contributed by atoms with E-state index in [2.05, 4.69) is 0 Å². The summed E-state index contributed by atoms with van der Waals surface area (Å²) in [6, 6.07) is 3.58. The number of likely N-dealkylation sites (N-methyl/N-ethyl adjacent to an activating group) is 1. The molecule has 0 fully saturated rings. The number of benzene rings is 1. The molecular weight excluding hydrogens is 342 g/mol. The molecule has 0 amide bonds. The van der Waals surface area contributed by atoms with Gasteiger partial charge < -0.3 is 5.11 Å². The maximum absolute atomic E-state index is 12.2. The molecule has 1 aromatic rings. The average Bonchev–Trinajstić information content (AvgIpc) is 2.30. The second-order valence-electron chi connectivity index (χ2n) is 3.92. The van der Waals surface area contributed by atoms with Crippen LogP contribution in [-0.2, 0) is 10.0 Å². The van der Waals surface area contributed by atoms with E-state index in [1.165, 1.54) is 12.1 Å². The largest absolute Gasteiger partial charge is 0.415 e. The first-order valence-electron chi connectivity index (χ1n) is 5.12. The highest BCUT2D eigenvalue weighted by Gasteiger charge is 2.40. The van der Waals surface area contributed by atoms with Crippen LogP contribution in [0.4, 0.5) is 13.2 Å². The fraction of sp³-hybridized carbons (Fsp3) is 0.400. The van der Waals surface area contributed by atoms with E-state index in [0.29, 0.717) is 4.31 Å². The minimum atomic E-state index is -4.91. The van der Waals surface area contributed by atoms with Gasteiger partial charge in [0.15, 0.2) is 6.10 Å². The van der Waals surface area contributed by atoms with Crippen LogP contribution < -0.4 is 0 Å². The Labute approximate surface area is 123 Å². The second-order valence-corrected chi connectivity index (χ2v) is 6.77. The first kappa shape index (κ1) is 17.5. The SMILES string of the molecule is CN(C[C@@H](O)C(F)(F)F)S(=O)(=O)c1cc(Cl)ccc1Cl. The van der Waals surface area contributed by atoms with Crippen molar-refractivity contribution in [1.82, 2.24) is 4.31 Å². The molecular formula is C10H10Cl2F3NO3S. The van der Waals surface area contributed by atoms with Crippen molar-refractivity contribution < 1.29 is 26.7 Å². The Hall–Kier alpha value is -0.540. The molecule has 0 aliphatic rings. The molecule has 0 heterocycles. The van der Waals surface area contributed by atoms with Gasteiger partial charge in [-0.3, -0.25) is 0 Å². The van der Waals surface area contributed by atoms with Gasteiger partial charge in [0.05, 0.1) is 5.02 Å². The predicted molar refractivity (Wildman–Crippen MR) is 68.3 cm³/mol. The monoisotopic (exact) mass is 351 g/mol. The van der Waals surface area contributed by atoms with Gasteiger partial charge >= 0.3 is 6.18 Å². The molecule has 0 spiro atoms. The van der Waals surface area contributed by atoms with Crippen LogP contribution in [0.5, 0.6) is 0 Å². The molecule has 10 heteroatoms. The molecule has 0 bridgehead atoms. The zero-order valence-corrected chi connectivity index (χ0v) is 12.4. The smallest absolute Gasteiger partial charge is 0.382 e. The van der Waals surface area contributed by atoms with E-state index in [9.17, 15) is 21.6 Å². The van der Waals surface area contributed by atoms with Crippen molar-refractivity contribution in [1.29, 1.82) is 0 Å². The minimum absolute atomic E-state index is 0.0674. The van der Waals surface area contributed by atoms with Gasteiger partial charge in [0.25, 0.3) is 0 Å². The first-order chi connectivity index (χ1) is 8.96. The number of rotatable bonds is 4. The van der Waals surface area contributed by atoms with Gasteiger partial charge in [-0.1, -0.05) is 23.2 Å². The normalized spacial score (nSPS) is 14.6. The van der Waals surface area contributed by atoms with Crippen LogP contribution in [0.2, 0.25) is 10.0 Å². The lowest BCUT2D eigenvalue weighted by molar-refractivity contribution is -0.204. The maximum Gasteiger partial charge on any atom is 0.415 e. The summed E-state index contributed by atoms with van der Waals surface area (Å²) < 4.78 is 61.2. The lowest BCUT2D eigenvalue weighted by Gasteiger charge is -2.22. The molecule has 1 rings (SSSR count). The van der Waals surface area contributed by atoms with Crippen LogP contribution in [-0.4, -0.2) is 43.7 Å². The number of halogens is 5. The Morgan fingerprint density at radius 2 is 1.90 bits per heavy atom. The van der Waals surface area contributed by atoms with E-state index < -0.39 is 33.7 Å². The van der Waals surface area contributed by atoms with Crippen LogP contribution in [0.15, 0.2) is 23.1 Å². The van der Waals surface area contributed by atoms with Gasteiger partial charge in [-0.25, -0.2) is 8.42 Å². The van der Waals surface area contributed by atoms with Gasteiger partial charge in [-0.2, -0.15) is 17.5 Å². The summed E-state index contributed by atoms with van der Waals surface area (Å²) in [6.45, 7) is -1.14. The molecule has 0 aromatic heterocycles. The summed E-state index contributed by atoms with van der Waals surface area (Å²) in [5.74, 6) is 0. The fourth-order valence-corrected chi connectivity index (χ4v) is 3.20. The third-order valence-corrected chi connectivity index (χ3v) is 4.93. The number of alkyl halides is 3. The van der Waals surface area contributed by atoms with Crippen molar-refractivity contribution in [3.8, 4) is 0 Å². The highest BCUT2D eigenvalue weighted by molar-refractivity contribution is 7.89. The number of sulfonamides is 1. The molecule has 1 aromatic carbocycles. The van der Waals surface area contributed by atoms with Crippen LogP contribution in [0.3, 0.4) is 0 Å². The van der Waals surface area contributed by atoms with Gasteiger partial charge in [0, 0.05) is 18.6 Å². The topological polar surface area (TPSA) is 57.6 Å². The number of nitrogens with zero attached hydrogens (tertiary/aromatic N) is 1. The van der Waals surface area contributed by atoms with Crippen molar-refractivity contribution >= 4 is 33.2 Å². The van der Waals surface area contributed by atoms with E-state index in [-0.39, 0.29) is 10.0 Å². The summed E-state index contributed by atoms with van der Waals surface area (Å²) in [5.41, 5.74) is 0. The van der Waals surface area contributed by atoms with Crippen LogP contribution in [0.25, 0.3) is 0 Å². The summed E-state index contributed by atoms with van der Waals surface area (Å²) in [7, 11) is -3.39. The third kappa shape index (κ3) is 3.98. The molecule has 0 aliphatic heterocycles. The third-order valence-electron chi connectivity index (χ3n) is 2.39. The van der Waals surface area contributed by atoms with Gasteiger partial charge in [0.1, 0.15) is 4.90 Å². The van der Waals surface area contributed by atoms with Crippen molar-refractivity contribution in [3.63, 3.8) is 0 Å². The maximum atomic E-state index is 12.2. The second kappa shape index (κ2) is 6.07. The van der Waals surface area contributed by atoms with E-state index in [1.54, 1.807) is 0 Å². The standard InChI is InChI=1S/C10H10Cl2F3NO3S/c1-16(5-9(17)10(13,14)15)20(18,19)8-4-6(11)2-3-7(8)12/h2-4,9,17H,5H2,1H3/t9-/m1/s1. The summed E-state index contributed by atoms with van der Waals surface area (Å²) in [5, 5.41) is 8.79. The van der Waals surface area contributed by atoms with E-state index >= 15 is 0 Å². The molecule has 4 nitrogen and oxygen atoms in total. The fourth-order valence-electron chi connectivity index (χ4n) is 1.29. The lowest BCUT2D eigenvalue weighted by Crippen LogP contribution is -2.41. The predicted octanol–water partition coefficient (Wildman–Crippen LogP) is 2.54. The van der Waals surface area contributed by atoms with Gasteiger partial charge in [-0.05, 0) is 18.2 Å².